The number of rotatable bonds is 3. The number of fused-ring (bicyclic) bond motifs is 1. The lowest BCUT2D eigenvalue weighted by Crippen LogP contribution is -2.54. The molecule has 4 rings (SSSR count). The van der Waals surface area contributed by atoms with Crippen LogP contribution in [0, 0.1) is 19.3 Å². The average molecular weight is 358 g/mol. The molecule has 4 heterocycles. The van der Waals surface area contributed by atoms with Gasteiger partial charge < -0.3 is 14.9 Å². The predicted octanol–water partition coefficient (Wildman–Crippen LogP) is 0.942. The van der Waals surface area contributed by atoms with Gasteiger partial charge in [-0.25, -0.2) is 0 Å². The van der Waals surface area contributed by atoms with Gasteiger partial charge in [-0.15, -0.1) is 10.2 Å². The first kappa shape index (κ1) is 17.2. The normalized spacial score (nSPS) is 24.0. The van der Waals surface area contributed by atoms with Gasteiger partial charge in [0.2, 0.25) is 11.6 Å². The number of aliphatic hydroxyl groups excluding tert-OH is 1. The monoisotopic (exact) mass is 358 g/mol. The maximum absolute atomic E-state index is 12.2. The van der Waals surface area contributed by atoms with E-state index in [4.69, 9.17) is 0 Å². The molecule has 8 nitrogen and oxygen atoms in total. The lowest BCUT2D eigenvalue weighted by molar-refractivity contribution is -0.138. The largest absolute Gasteiger partial charge is 0.395 e. The molecule has 2 fully saturated rings. The van der Waals surface area contributed by atoms with Crippen LogP contribution in [-0.2, 0) is 4.79 Å². The van der Waals surface area contributed by atoms with Crippen LogP contribution in [0.5, 0.6) is 0 Å². The zero-order valence-electron chi connectivity index (χ0n) is 15.5. The summed E-state index contributed by atoms with van der Waals surface area (Å²) in [5, 5.41) is 22.1. The van der Waals surface area contributed by atoms with Crippen LogP contribution in [0.15, 0.2) is 6.33 Å². The van der Waals surface area contributed by atoms with Crippen LogP contribution in [0.25, 0.3) is 5.65 Å². The molecule has 1 spiro atoms. The van der Waals surface area contributed by atoms with Crippen molar-refractivity contribution in [1.82, 2.24) is 24.7 Å². The van der Waals surface area contributed by atoms with Crippen molar-refractivity contribution < 1.29 is 9.90 Å². The van der Waals surface area contributed by atoms with E-state index in [0.717, 1.165) is 61.5 Å². The first-order valence-electron chi connectivity index (χ1n) is 9.34. The Balaban J connectivity index is 1.67. The third-order valence-corrected chi connectivity index (χ3v) is 5.99. The lowest BCUT2D eigenvalue weighted by Gasteiger charge is -2.49. The Morgan fingerprint density at radius 2 is 2.12 bits per heavy atom. The molecule has 1 N–H and O–H groups in total. The third kappa shape index (κ3) is 2.82. The number of carbonyl (C=O) groups is 1. The van der Waals surface area contributed by atoms with Crippen LogP contribution >= 0.6 is 0 Å². The van der Waals surface area contributed by atoms with Gasteiger partial charge in [-0.3, -0.25) is 4.79 Å². The highest BCUT2D eigenvalue weighted by molar-refractivity contribution is 5.77. The highest BCUT2D eigenvalue weighted by Gasteiger charge is 2.42. The zero-order chi connectivity index (χ0) is 18.3. The number of hydrogen-bond donors (Lipinski definition) is 1. The maximum Gasteiger partial charge on any atom is 0.222 e. The lowest BCUT2D eigenvalue weighted by atomic mass is 9.73. The number of piperidine rings is 2. The summed E-state index contributed by atoms with van der Waals surface area (Å²) in [6.07, 6.45) is 5.33. The fourth-order valence-corrected chi connectivity index (χ4v) is 4.57. The summed E-state index contributed by atoms with van der Waals surface area (Å²) in [7, 11) is 0. The molecule has 2 aromatic heterocycles. The molecular formula is C18H26N6O2. The predicted molar refractivity (Wildman–Crippen MR) is 97.0 cm³/mol. The first-order chi connectivity index (χ1) is 12.5. The van der Waals surface area contributed by atoms with E-state index < -0.39 is 0 Å². The minimum Gasteiger partial charge on any atom is -0.395 e. The summed E-state index contributed by atoms with van der Waals surface area (Å²) in [5.41, 5.74) is 4.11. The van der Waals surface area contributed by atoms with E-state index in [1.165, 1.54) is 0 Å². The van der Waals surface area contributed by atoms with Gasteiger partial charge in [-0.2, -0.15) is 9.61 Å². The fraction of sp³-hybridized carbons (Fsp3) is 0.667. The topological polar surface area (TPSA) is 86.9 Å². The van der Waals surface area contributed by atoms with E-state index in [9.17, 15) is 9.90 Å². The van der Waals surface area contributed by atoms with Gasteiger partial charge in [0.1, 0.15) is 6.33 Å². The number of aliphatic hydroxyl groups is 1. The molecule has 2 saturated heterocycles. The molecule has 1 unspecified atom stereocenters. The minimum absolute atomic E-state index is 0.0224. The number of β-amino-alcohol motifs (C(OH)–C–C–N with tert-alkyl or cyclic N) is 1. The molecule has 0 saturated carbocycles. The molecule has 26 heavy (non-hydrogen) atoms. The summed E-state index contributed by atoms with van der Waals surface area (Å²) in [6, 6.07) is 0. The Bertz CT molecular complexity index is 834. The van der Waals surface area contributed by atoms with Gasteiger partial charge in [0.25, 0.3) is 0 Å². The van der Waals surface area contributed by atoms with Crippen molar-refractivity contribution in [3.8, 4) is 0 Å². The summed E-state index contributed by atoms with van der Waals surface area (Å²) in [5.74, 6) is 0.164. The number of aryl methyl sites for hydroxylation is 1. The van der Waals surface area contributed by atoms with Gasteiger partial charge in [-0.1, -0.05) is 0 Å². The first-order valence-corrected chi connectivity index (χ1v) is 9.34. The SMILES string of the molecule is Cc1nn2cnnc2c(N2CCCC3(CCC(=O)N(CCO)C3)C2)c1C. The smallest absolute Gasteiger partial charge is 0.222 e. The molecule has 140 valence electrons. The van der Waals surface area contributed by atoms with E-state index in [-0.39, 0.29) is 17.9 Å². The van der Waals surface area contributed by atoms with E-state index in [1.807, 2.05) is 11.8 Å². The summed E-state index contributed by atoms with van der Waals surface area (Å²) in [4.78, 5) is 16.4. The Hall–Kier alpha value is -2.22. The van der Waals surface area contributed by atoms with Gasteiger partial charge >= 0.3 is 0 Å². The second kappa shape index (κ2) is 6.50. The highest BCUT2D eigenvalue weighted by Crippen LogP contribution is 2.41. The van der Waals surface area contributed by atoms with Crippen LogP contribution < -0.4 is 4.90 Å². The summed E-state index contributed by atoms with van der Waals surface area (Å²) < 4.78 is 1.75. The Kier molecular flexibility index (Phi) is 4.30. The van der Waals surface area contributed by atoms with Crippen molar-refractivity contribution in [2.24, 2.45) is 5.41 Å². The number of aromatic nitrogens is 4. The Morgan fingerprint density at radius 1 is 1.27 bits per heavy atom. The molecule has 1 atom stereocenters. The van der Waals surface area contributed by atoms with Crippen molar-refractivity contribution in [2.45, 2.75) is 39.5 Å². The molecule has 0 aliphatic carbocycles. The fourth-order valence-electron chi connectivity index (χ4n) is 4.57. The van der Waals surface area contributed by atoms with E-state index >= 15 is 0 Å². The number of likely N-dealkylation sites (tertiary alicyclic amines) is 1. The summed E-state index contributed by atoms with van der Waals surface area (Å²) >= 11 is 0. The van der Waals surface area contributed by atoms with E-state index in [2.05, 4.69) is 27.1 Å². The van der Waals surface area contributed by atoms with Crippen molar-refractivity contribution in [2.75, 3.05) is 37.7 Å². The summed E-state index contributed by atoms with van der Waals surface area (Å²) in [6.45, 7) is 7.17. The quantitative estimate of drug-likeness (QED) is 0.879. The van der Waals surface area contributed by atoms with Crippen molar-refractivity contribution in [1.29, 1.82) is 0 Å². The van der Waals surface area contributed by atoms with E-state index in [1.54, 1.807) is 10.8 Å². The molecule has 2 aliphatic heterocycles. The van der Waals surface area contributed by atoms with Crippen LogP contribution in [0.2, 0.25) is 0 Å². The Labute approximate surface area is 152 Å². The molecule has 1 amide bonds. The molecule has 0 aromatic carbocycles. The maximum atomic E-state index is 12.2. The average Bonchev–Trinajstić information content (AvgIpc) is 3.07. The molecule has 2 aromatic rings. The minimum atomic E-state index is 0.0224. The molecule has 0 radical (unpaired) electrons. The number of anilines is 1. The Morgan fingerprint density at radius 3 is 2.92 bits per heavy atom. The van der Waals surface area contributed by atoms with E-state index in [0.29, 0.717) is 13.0 Å². The van der Waals surface area contributed by atoms with Gasteiger partial charge in [0.05, 0.1) is 18.0 Å². The molecule has 2 aliphatic rings. The standard InChI is InChI=1S/C18H26N6O2/c1-13-14(2)21-24-12-19-20-17(24)16(13)23-7-3-5-18(11-23)6-4-15(26)22(10-18)8-9-25/h12,25H,3-11H2,1-2H3. The van der Waals surface area contributed by atoms with Crippen molar-refractivity contribution >= 4 is 17.2 Å². The molecular weight excluding hydrogens is 332 g/mol. The van der Waals surface area contributed by atoms with Crippen LogP contribution in [0.1, 0.15) is 36.9 Å². The second-order valence-electron chi connectivity index (χ2n) is 7.72. The van der Waals surface area contributed by atoms with Crippen molar-refractivity contribution in [3.63, 3.8) is 0 Å². The van der Waals surface area contributed by atoms with Gasteiger partial charge in [-0.05, 0) is 38.7 Å². The van der Waals surface area contributed by atoms with Crippen molar-refractivity contribution in [3.05, 3.63) is 17.6 Å². The second-order valence-corrected chi connectivity index (χ2v) is 7.72. The number of nitrogens with zero attached hydrogens (tertiary/aromatic N) is 6. The number of carbonyl (C=O) groups excluding carboxylic acids is 1. The van der Waals surface area contributed by atoms with Crippen LogP contribution in [0.4, 0.5) is 5.69 Å². The number of hydrogen-bond acceptors (Lipinski definition) is 6. The molecule has 8 heteroatoms. The molecule has 0 bridgehead atoms. The number of amides is 1. The van der Waals surface area contributed by atoms with Gasteiger partial charge in [0.15, 0.2) is 0 Å². The third-order valence-electron chi connectivity index (χ3n) is 5.99. The van der Waals surface area contributed by atoms with Crippen LogP contribution in [0.3, 0.4) is 0 Å². The zero-order valence-corrected chi connectivity index (χ0v) is 15.5. The van der Waals surface area contributed by atoms with Gasteiger partial charge in [0, 0.05) is 38.0 Å². The van der Waals surface area contributed by atoms with Crippen LogP contribution in [-0.4, -0.2) is 68.5 Å². The highest BCUT2D eigenvalue weighted by atomic mass is 16.3.